The second-order valence-electron chi connectivity index (χ2n) is 5.69. The number of hydrogen-bond donors (Lipinski definition) is 0. The Morgan fingerprint density at radius 2 is 1.40 bits per heavy atom. The Balaban J connectivity index is 1.95. The Labute approximate surface area is 146 Å². The number of aromatic nitrogens is 2. The molecule has 0 aliphatic heterocycles. The molecule has 0 radical (unpaired) electrons. The highest BCUT2D eigenvalue weighted by atomic mass is 15.2. The van der Waals surface area contributed by atoms with E-state index in [0.717, 1.165) is 22.8 Å². The summed E-state index contributed by atoms with van der Waals surface area (Å²) in [7, 11) is 0. The summed E-state index contributed by atoms with van der Waals surface area (Å²) in [5.74, 6) is 1.05. The monoisotopic (exact) mass is 322 g/mol. The van der Waals surface area contributed by atoms with E-state index in [9.17, 15) is 0 Å². The first-order chi connectivity index (χ1) is 12.4. The number of imidazole rings is 1. The molecule has 0 saturated carbocycles. The van der Waals surface area contributed by atoms with Gasteiger partial charge in [0.25, 0.3) is 5.82 Å². The van der Waals surface area contributed by atoms with E-state index < -0.39 is 0 Å². The van der Waals surface area contributed by atoms with Crippen LogP contribution in [-0.2, 0) is 0 Å². The summed E-state index contributed by atoms with van der Waals surface area (Å²) in [6, 6.07) is 28.3. The molecule has 3 heteroatoms. The molecule has 0 atom stereocenters. The van der Waals surface area contributed by atoms with Crippen molar-refractivity contribution in [3.63, 3.8) is 0 Å². The zero-order valence-electron chi connectivity index (χ0n) is 13.6. The summed E-state index contributed by atoms with van der Waals surface area (Å²) < 4.78 is 4.33. The van der Waals surface area contributed by atoms with Gasteiger partial charge in [0.15, 0.2) is 5.69 Å². The lowest BCUT2D eigenvalue weighted by Crippen LogP contribution is -2.31. The molecule has 3 aromatic carbocycles. The van der Waals surface area contributed by atoms with E-state index in [0.29, 0.717) is 5.69 Å². The molecule has 0 spiro atoms. The van der Waals surface area contributed by atoms with Crippen LogP contribution in [0.2, 0.25) is 0 Å². The minimum absolute atomic E-state index is 0.646. The van der Waals surface area contributed by atoms with Gasteiger partial charge in [-0.05, 0) is 24.3 Å². The Bertz CT molecular complexity index is 967. The molecule has 0 fully saturated rings. The van der Waals surface area contributed by atoms with E-state index in [1.165, 1.54) is 0 Å². The van der Waals surface area contributed by atoms with Crippen molar-refractivity contribution in [3.05, 3.63) is 109 Å². The highest BCUT2D eigenvalue weighted by molar-refractivity contribution is 5.61. The number of rotatable bonds is 3. The molecule has 4 rings (SSSR count). The molecule has 1 heterocycles. The van der Waals surface area contributed by atoms with Crippen LogP contribution in [-0.4, -0.2) is 4.57 Å². The molecule has 1 aromatic heterocycles. The van der Waals surface area contributed by atoms with Gasteiger partial charge in [-0.25, -0.2) is 4.85 Å². The summed E-state index contributed by atoms with van der Waals surface area (Å²) in [6.45, 7) is 7.16. The van der Waals surface area contributed by atoms with Crippen LogP contribution in [0.1, 0.15) is 0 Å². The van der Waals surface area contributed by atoms with Crippen LogP contribution in [0.25, 0.3) is 27.6 Å². The van der Waals surface area contributed by atoms with Crippen molar-refractivity contribution in [3.8, 4) is 22.8 Å². The first-order valence-electron chi connectivity index (χ1n) is 8.08. The van der Waals surface area contributed by atoms with Crippen molar-refractivity contribution in [2.24, 2.45) is 0 Å². The molecular formula is C22H16N3+. The van der Waals surface area contributed by atoms with Crippen molar-refractivity contribution < 1.29 is 4.57 Å². The fourth-order valence-electron chi connectivity index (χ4n) is 2.95. The van der Waals surface area contributed by atoms with Gasteiger partial charge < -0.3 is 0 Å². The smallest absolute Gasteiger partial charge is 0.238 e. The lowest BCUT2D eigenvalue weighted by Gasteiger charge is -2.05. The van der Waals surface area contributed by atoms with E-state index >= 15 is 0 Å². The number of benzene rings is 3. The summed E-state index contributed by atoms with van der Waals surface area (Å²) in [6.07, 6.45) is 4.14. The van der Waals surface area contributed by atoms with E-state index in [2.05, 4.69) is 50.6 Å². The van der Waals surface area contributed by atoms with Crippen molar-refractivity contribution >= 4 is 5.69 Å². The molecule has 0 bridgehead atoms. The highest BCUT2D eigenvalue weighted by Gasteiger charge is 2.22. The molecule has 0 aliphatic carbocycles. The summed E-state index contributed by atoms with van der Waals surface area (Å²) in [5, 5.41) is 0. The summed E-state index contributed by atoms with van der Waals surface area (Å²) >= 11 is 0. The van der Waals surface area contributed by atoms with Crippen molar-refractivity contribution in [1.29, 1.82) is 0 Å². The van der Waals surface area contributed by atoms with Crippen molar-refractivity contribution in [2.75, 3.05) is 0 Å². The van der Waals surface area contributed by atoms with Crippen molar-refractivity contribution in [2.45, 2.75) is 0 Å². The van der Waals surface area contributed by atoms with Crippen LogP contribution in [0.15, 0.2) is 97.3 Å². The van der Waals surface area contributed by atoms with Gasteiger partial charge in [-0.2, -0.15) is 9.13 Å². The molecule has 25 heavy (non-hydrogen) atoms. The fraction of sp³-hybridized carbons (Fsp3) is 0. The summed E-state index contributed by atoms with van der Waals surface area (Å²) in [4.78, 5) is 3.49. The third kappa shape index (κ3) is 2.82. The predicted octanol–water partition coefficient (Wildman–Crippen LogP) is 4.97. The standard InChI is InChI=1S/C22H16N3/c1-23-19-14-12-18(13-15-19)22-24(20-8-4-2-5-9-20)16-17-25(22)21-10-6-3-7-11-21/h2-17H/q+1. The number of hydrogen-bond acceptors (Lipinski definition) is 0. The maximum Gasteiger partial charge on any atom is 0.299 e. The topological polar surface area (TPSA) is 13.2 Å². The Morgan fingerprint density at radius 1 is 0.760 bits per heavy atom. The van der Waals surface area contributed by atoms with Crippen LogP contribution < -0.4 is 4.57 Å². The first-order valence-corrected chi connectivity index (χ1v) is 8.08. The SMILES string of the molecule is [C-]#[N+]c1ccc(-c2n(-c3ccccc3)cc[n+]2-c2ccccc2)cc1. The second-order valence-corrected chi connectivity index (χ2v) is 5.69. The van der Waals surface area contributed by atoms with Gasteiger partial charge in [0.05, 0.1) is 12.1 Å². The number of para-hydroxylation sites is 2. The Hall–Kier alpha value is -3.64. The van der Waals surface area contributed by atoms with Gasteiger partial charge in [-0.15, -0.1) is 0 Å². The molecule has 0 N–H and O–H groups in total. The predicted molar refractivity (Wildman–Crippen MR) is 99.0 cm³/mol. The molecule has 3 nitrogen and oxygen atoms in total. The average Bonchev–Trinajstić information content (AvgIpc) is 3.14. The Kier molecular flexibility index (Phi) is 3.86. The zero-order valence-corrected chi connectivity index (χ0v) is 13.6. The second kappa shape index (κ2) is 6.46. The van der Waals surface area contributed by atoms with E-state index in [4.69, 9.17) is 6.57 Å². The normalized spacial score (nSPS) is 10.4. The van der Waals surface area contributed by atoms with Gasteiger partial charge >= 0.3 is 0 Å². The molecular weight excluding hydrogens is 306 g/mol. The van der Waals surface area contributed by atoms with Crippen molar-refractivity contribution in [1.82, 2.24) is 4.57 Å². The highest BCUT2D eigenvalue weighted by Crippen LogP contribution is 2.24. The maximum atomic E-state index is 7.16. The minimum atomic E-state index is 0.646. The van der Waals surface area contributed by atoms with E-state index in [1.807, 2.05) is 60.7 Å². The van der Waals surface area contributed by atoms with Gasteiger partial charge in [-0.3, -0.25) is 0 Å². The van der Waals surface area contributed by atoms with Gasteiger partial charge in [0.1, 0.15) is 23.8 Å². The molecule has 0 amide bonds. The molecule has 118 valence electrons. The third-order valence-corrected chi connectivity index (χ3v) is 4.14. The van der Waals surface area contributed by atoms with E-state index in [1.54, 1.807) is 0 Å². The minimum Gasteiger partial charge on any atom is -0.238 e. The van der Waals surface area contributed by atoms with Gasteiger partial charge in [-0.1, -0.05) is 60.7 Å². The third-order valence-electron chi connectivity index (χ3n) is 4.14. The van der Waals surface area contributed by atoms with Crippen LogP contribution in [0.4, 0.5) is 5.69 Å². The zero-order chi connectivity index (χ0) is 17.1. The van der Waals surface area contributed by atoms with Crippen LogP contribution in [0, 0.1) is 6.57 Å². The van der Waals surface area contributed by atoms with Crippen LogP contribution >= 0.6 is 0 Å². The molecule has 0 unspecified atom stereocenters. The molecule has 0 saturated heterocycles. The lowest BCUT2D eigenvalue weighted by molar-refractivity contribution is -0.582. The fourth-order valence-corrected chi connectivity index (χ4v) is 2.95. The van der Waals surface area contributed by atoms with Gasteiger partial charge in [0.2, 0.25) is 0 Å². The van der Waals surface area contributed by atoms with Gasteiger partial charge in [0, 0.05) is 0 Å². The number of nitrogens with zero attached hydrogens (tertiary/aromatic N) is 3. The van der Waals surface area contributed by atoms with Crippen LogP contribution in [0.3, 0.4) is 0 Å². The van der Waals surface area contributed by atoms with Crippen LogP contribution in [0.5, 0.6) is 0 Å². The summed E-state index contributed by atoms with van der Waals surface area (Å²) in [5.41, 5.74) is 3.90. The van der Waals surface area contributed by atoms with E-state index in [-0.39, 0.29) is 0 Å². The average molecular weight is 322 g/mol. The Morgan fingerprint density at radius 3 is 2.04 bits per heavy atom. The quantitative estimate of drug-likeness (QED) is 0.373. The maximum absolute atomic E-state index is 7.16. The lowest BCUT2D eigenvalue weighted by atomic mass is 10.1. The largest absolute Gasteiger partial charge is 0.299 e. The molecule has 0 aliphatic rings. The first kappa shape index (κ1) is 14.9. The molecule has 4 aromatic rings.